The fourth-order valence-electron chi connectivity index (χ4n) is 4.03. The number of benzene rings is 2. The first-order valence-electron chi connectivity index (χ1n) is 10.00. The number of quaternary nitrogens is 1. The number of piperidine rings is 1. The molecule has 0 atom stereocenters. The topological polar surface area (TPSA) is 43.5 Å². The molecule has 5 nitrogen and oxygen atoms in total. The smallest absolute Gasteiger partial charge is 0.204 e. The average molecular weight is 366 g/mol. The van der Waals surface area contributed by atoms with Crippen LogP contribution in [0.4, 0.5) is 5.95 Å². The number of nitrogens with zero attached hydrogens (tertiary/aromatic N) is 2. The molecule has 2 N–H and O–H groups in total. The minimum Gasteiger partial charge on any atom is -0.496 e. The van der Waals surface area contributed by atoms with Gasteiger partial charge in [0.05, 0.1) is 44.3 Å². The molecule has 3 aromatic rings. The Morgan fingerprint density at radius 1 is 1.04 bits per heavy atom. The number of rotatable bonds is 7. The van der Waals surface area contributed by atoms with Crippen LogP contribution in [-0.2, 0) is 13.1 Å². The summed E-state index contributed by atoms with van der Waals surface area (Å²) < 4.78 is 7.82. The van der Waals surface area contributed by atoms with Crippen molar-refractivity contribution in [3.8, 4) is 5.75 Å². The molecule has 142 valence electrons. The van der Waals surface area contributed by atoms with Crippen molar-refractivity contribution in [1.82, 2.24) is 9.55 Å². The van der Waals surface area contributed by atoms with E-state index >= 15 is 0 Å². The van der Waals surface area contributed by atoms with Crippen molar-refractivity contribution < 1.29 is 9.64 Å². The number of ether oxygens (including phenoxy) is 1. The number of likely N-dealkylation sites (tertiary alicyclic amines) is 1. The van der Waals surface area contributed by atoms with E-state index in [1.807, 2.05) is 18.2 Å². The summed E-state index contributed by atoms with van der Waals surface area (Å²) in [5.41, 5.74) is 3.39. The zero-order valence-corrected chi connectivity index (χ0v) is 16.1. The monoisotopic (exact) mass is 365 g/mol. The quantitative estimate of drug-likeness (QED) is 0.677. The molecular weight excluding hydrogens is 336 g/mol. The number of imidazole rings is 1. The number of aromatic nitrogens is 2. The largest absolute Gasteiger partial charge is 0.496 e. The normalized spacial score (nSPS) is 15.1. The van der Waals surface area contributed by atoms with Crippen molar-refractivity contribution in [2.45, 2.75) is 32.4 Å². The third kappa shape index (κ3) is 4.08. The van der Waals surface area contributed by atoms with Crippen LogP contribution < -0.4 is 15.0 Å². The Morgan fingerprint density at radius 2 is 1.81 bits per heavy atom. The fraction of sp³-hybridized carbons (Fsp3) is 0.409. The fourth-order valence-corrected chi connectivity index (χ4v) is 4.03. The first kappa shape index (κ1) is 17.9. The third-order valence-electron chi connectivity index (χ3n) is 5.53. The lowest BCUT2D eigenvalue weighted by Crippen LogP contribution is -3.13. The number of nitrogens with one attached hydrogen (secondary N) is 2. The summed E-state index contributed by atoms with van der Waals surface area (Å²) in [5, 5.41) is 3.54. The molecule has 0 bridgehead atoms. The molecule has 0 aliphatic carbocycles. The van der Waals surface area contributed by atoms with E-state index < -0.39 is 0 Å². The number of para-hydroxylation sites is 3. The first-order valence-corrected chi connectivity index (χ1v) is 10.00. The maximum atomic E-state index is 5.48. The van der Waals surface area contributed by atoms with Gasteiger partial charge in [-0.3, -0.25) is 0 Å². The Hall–Kier alpha value is -2.53. The summed E-state index contributed by atoms with van der Waals surface area (Å²) >= 11 is 0. The SMILES string of the molecule is COc1ccccc1CNc1nc2ccccc2n1CC[NH+]1CCCCC1. The van der Waals surface area contributed by atoms with Gasteiger partial charge in [0.25, 0.3) is 0 Å². The van der Waals surface area contributed by atoms with Crippen LogP contribution in [0.2, 0.25) is 0 Å². The Morgan fingerprint density at radius 3 is 2.67 bits per heavy atom. The van der Waals surface area contributed by atoms with Crippen molar-refractivity contribution in [2.24, 2.45) is 0 Å². The number of hydrogen-bond acceptors (Lipinski definition) is 3. The Labute approximate surface area is 161 Å². The van der Waals surface area contributed by atoms with Crippen LogP contribution in [0, 0.1) is 0 Å². The second kappa shape index (κ2) is 8.44. The average Bonchev–Trinajstić information content (AvgIpc) is 3.09. The van der Waals surface area contributed by atoms with Gasteiger partial charge in [-0.05, 0) is 37.5 Å². The molecule has 0 amide bonds. The van der Waals surface area contributed by atoms with E-state index in [-0.39, 0.29) is 0 Å². The molecule has 1 aromatic heterocycles. The molecule has 0 spiro atoms. The summed E-state index contributed by atoms with van der Waals surface area (Å²) in [4.78, 5) is 6.57. The summed E-state index contributed by atoms with van der Waals surface area (Å²) in [6.07, 6.45) is 4.11. The van der Waals surface area contributed by atoms with Gasteiger partial charge in [-0.25, -0.2) is 4.98 Å². The lowest BCUT2D eigenvalue weighted by Gasteiger charge is -2.24. The van der Waals surface area contributed by atoms with E-state index in [1.165, 1.54) is 37.9 Å². The zero-order valence-electron chi connectivity index (χ0n) is 16.1. The number of hydrogen-bond donors (Lipinski definition) is 2. The van der Waals surface area contributed by atoms with Crippen LogP contribution in [0.1, 0.15) is 24.8 Å². The van der Waals surface area contributed by atoms with Gasteiger partial charge in [0.15, 0.2) is 0 Å². The maximum absolute atomic E-state index is 5.48. The van der Waals surface area contributed by atoms with Gasteiger partial charge in [-0.15, -0.1) is 0 Å². The van der Waals surface area contributed by atoms with Gasteiger partial charge in [-0.2, -0.15) is 0 Å². The van der Waals surface area contributed by atoms with Crippen LogP contribution in [0.25, 0.3) is 11.0 Å². The van der Waals surface area contributed by atoms with Crippen LogP contribution in [0.3, 0.4) is 0 Å². The molecule has 1 fully saturated rings. The lowest BCUT2D eigenvalue weighted by molar-refractivity contribution is -0.905. The minimum atomic E-state index is 0.698. The summed E-state index contributed by atoms with van der Waals surface area (Å²) in [5.74, 6) is 1.85. The van der Waals surface area contributed by atoms with E-state index in [0.717, 1.165) is 35.9 Å². The van der Waals surface area contributed by atoms with Crippen LogP contribution in [0.15, 0.2) is 48.5 Å². The van der Waals surface area contributed by atoms with E-state index in [0.29, 0.717) is 6.54 Å². The van der Waals surface area contributed by atoms with Gasteiger partial charge in [0.1, 0.15) is 5.75 Å². The van der Waals surface area contributed by atoms with Gasteiger partial charge in [0.2, 0.25) is 5.95 Å². The Kier molecular flexibility index (Phi) is 5.58. The molecule has 2 aromatic carbocycles. The highest BCUT2D eigenvalue weighted by Crippen LogP contribution is 2.22. The van der Waals surface area contributed by atoms with E-state index in [1.54, 1.807) is 12.0 Å². The standard InChI is InChI=1S/C22H28N4O/c1-27-21-12-6-3-9-18(21)17-23-22-24-19-10-4-5-11-20(19)26(22)16-15-25-13-7-2-8-14-25/h3-6,9-12H,2,7-8,13-17H2,1H3,(H,23,24)/p+1. The van der Waals surface area contributed by atoms with E-state index in [4.69, 9.17) is 9.72 Å². The number of anilines is 1. The Bertz CT molecular complexity index is 883. The second-order valence-electron chi connectivity index (χ2n) is 7.30. The molecule has 0 saturated carbocycles. The molecular formula is C22H29N4O+. The predicted molar refractivity (Wildman–Crippen MR) is 109 cm³/mol. The molecule has 0 unspecified atom stereocenters. The van der Waals surface area contributed by atoms with Gasteiger partial charge in [0, 0.05) is 12.1 Å². The van der Waals surface area contributed by atoms with Gasteiger partial charge in [-0.1, -0.05) is 30.3 Å². The highest BCUT2D eigenvalue weighted by Gasteiger charge is 2.16. The molecule has 0 radical (unpaired) electrons. The molecule has 1 aliphatic heterocycles. The molecule has 1 saturated heterocycles. The summed E-state index contributed by atoms with van der Waals surface area (Å²) in [6, 6.07) is 16.5. The lowest BCUT2D eigenvalue weighted by atomic mass is 10.1. The number of fused-ring (bicyclic) bond motifs is 1. The van der Waals surface area contributed by atoms with Crippen molar-refractivity contribution in [2.75, 3.05) is 32.1 Å². The van der Waals surface area contributed by atoms with Crippen molar-refractivity contribution in [1.29, 1.82) is 0 Å². The van der Waals surface area contributed by atoms with Crippen molar-refractivity contribution in [3.05, 3.63) is 54.1 Å². The van der Waals surface area contributed by atoms with Crippen molar-refractivity contribution >= 4 is 17.0 Å². The predicted octanol–water partition coefficient (Wildman–Crippen LogP) is 2.73. The summed E-state index contributed by atoms with van der Waals surface area (Å²) in [6.45, 7) is 5.45. The third-order valence-corrected chi connectivity index (χ3v) is 5.53. The second-order valence-corrected chi connectivity index (χ2v) is 7.30. The zero-order chi connectivity index (χ0) is 18.5. The molecule has 4 rings (SSSR count). The molecule has 5 heteroatoms. The highest BCUT2D eigenvalue weighted by molar-refractivity contribution is 5.78. The van der Waals surface area contributed by atoms with Gasteiger partial charge >= 0.3 is 0 Å². The van der Waals surface area contributed by atoms with Crippen molar-refractivity contribution in [3.63, 3.8) is 0 Å². The number of methoxy groups -OCH3 is 1. The summed E-state index contributed by atoms with van der Waals surface area (Å²) in [7, 11) is 1.72. The Balaban J connectivity index is 1.54. The highest BCUT2D eigenvalue weighted by atomic mass is 16.5. The van der Waals surface area contributed by atoms with Gasteiger partial charge < -0.3 is 19.5 Å². The van der Waals surface area contributed by atoms with Crippen LogP contribution >= 0.6 is 0 Å². The first-order chi connectivity index (χ1) is 13.3. The maximum Gasteiger partial charge on any atom is 0.204 e. The minimum absolute atomic E-state index is 0.698. The van der Waals surface area contributed by atoms with Crippen LogP contribution in [0.5, 0.6) is 5.75 Å². The van der Waals surface area contributed by atoms with Crippen LogP contribution in [-0.4, -0.2) is 36.3 Å². The molecule has 2 heterocycles. The molecule has 27 heavy (non-hydrogen) atoms. The molecule has 1 aliphatic rings. The van der Waals surface area contributed by atoms with E-state index in [2.05, 4.69) is 40.2 Å². The van der Waals surface area contributed by atoms with E-state index in [9.17, 15) is 0 Å².